The Kier molecular flexibility index (Phi) is 15.6. The first-order valence-corrected chi connectivity index (χ1v) is 37.3. The summed E-state index contributed by atoms with van der Waals surface area (Å²) in [5, 5.41) is 0. The predicted octanol–water partition coefficient (Wildman–Crippen LogP) is 23.0. The van der Waals surface area contributed by atoms with Crippen molar-refractivity contribution in [3.63, 3.8) is 0 Å². The highest BCUT2D eigenvalue weighted by Gasteiger charge is 2.51. The molecule has 4 heterocycles. The van der Waals surface area contributed by atoms with E-state index >= 15 is 0 Å². The Balaban J connectivity index is 0.985. The molecule has 0 saturated heterocycles. The molecule has 0 saturated carbocycles. The second kappa shape index (κ2) is 24.4. The molecule has 0 N–H and O–H groups in total. The normalized spacial score (nSPS) is 13.6. The Morgan fingerprint density at radius 2 is 0.548 bits per heavy atom. The zero-order chi connectivity index (χ0) is 72.1. The lowest BCUT2D eigenvalue weighted by molar-refractivity contribution is 0.426. The fourth-order valence-corrected chi connectivity index (χ4v) is 16.8. The lowest BCUT2D eigenvalue weighted by atomic mass is 9.30. The highest BCUT2D eigenvalue weighted by atomic mass is 16.5. The summed E-state index contributed by atoms with van der Waals surface area (Å²) in [6.45, 7) is 34.4. The smallest absolute Gasteiger partial charge is 0.256 e. The number of anilines is 6. The molecule has 4 nitrogen and oxygen atoms in total. The van der Waals surface area contributed by atoms with Gasteiger partial charge in [-0.15, -0.1) is 0 Å². The predicted molar refractivity (Wildman–Crippen MR) is 444 cm³/mol. The van der Waals surface area contributed by atoms with Crippen LogP contribution in [0.1, 0.15) is 132 Å². The minimum absolute atomic E-state index is 0.0270. The van der Waals surface area contributed by atoms with E-state index in [0.29, 0.717) is 0 Å². The van der Waals surface area contributed by atoms with E-state index in [1.165, 1.54) is 33.2 Å². The van der Waals surface area contributed by atoms with Crippen LogP contribution < -0.4 is 52.1 Å². The van der Waals surface area contributed by atoms with Crippen molar-refractivity contribution in [3.8, 4) is 89.8 Å². The van der Waals surface area contributed by atoms with Crippen LogP contribution in [0.25, 0.3) is 66.8 Å². The van der Waals surface area contributed by atoms with E-state index < -0.39 is 5.41 Å². The molecule has 0 fully saturated rings. The van der Waals surface area contributed by atoms with E-state index in [1.807, 2.05) is 0 Å². The molecule has 0 amide bonds. The first-order chi connectivity index (χ1) is 49.8. The maximum absolute atomic E-state index is 8.11. The van der Waals surface area contributed by atoms with Crippen molar-refractivity contribution in [1.82, 2.24) is 0 Å². The summed E-state index contributed by atoms with van der Waals surface area (Å²) in [7, 11) is 0. The molecule has 0 aromatic heterocycles. The van der Waals surface area contributed by atoms with Crippen LogP contribution in [-0.4, -0.2) is 13.4 Å². The van der Waals surface area contributed by atoms with Crippen molar-refractivity contribution in [1.29, 1.82) is 0 Å². The number of rotatable bonds is 8. The van der Waals surface area contributed by atoms with E-state index in [-0.39, 0.29) is 35.1 Å². The summed E-state index contributed by atoms with van der Waals surface area (Å²) in [6.07, 6.45) is 0. The fraction of sp³-hybridized carbons (Fsp3) is 0.204. The lowest BCUT2D eigenvalue weighted by Gasteiger charge is -2.45. The highest BCUT2D eigenvalue weighted by molar-refractivity contribution is 7.02. The minimum Gasteiger partial charge on any atom is -0.458 e. The maximum Gasteiger partial charge on any atom is 0.256 e. The summed E-state index contributed by atoms with van der Waals surface area (Å²) in [4.78, 5) is 5.26. The molecule has 6 heteroatoms. The van der Waals surface area contributed by atoms with Gasteiger partial charge in [0.05, 0.1) is 11.4 Å². The summed E-state index contributed by atoms with van der Waals surface area (Å²) in [6, 6.07) is 103. The van der Waals surface area contributed by atoms with Gasteiger partial charge in [-0.25, -0.2) is 0 Å². The number of benzene rings is 13. The number of para-hydroxylation sites is 2. The molecular formula is C98H90B2N2O2. The third kappa shape index (κ3) is 11.2. The second-order valence-corrected chi connectivity index (χ2v) is 34.5. The number of nitrogens with zero attached hydrogens (tertiary/aromatic N) is 2. The van der Waals surface area contributed by atoms with Crippen LogP contribution in [-0.2, 0) is 27.1 Å². The van der Waals surface area contributed by atoms with Crippen molar-refractivity contribution >= 4 is 80.3 Å². The van der Waals surface area contributed by atoms with E-state index in [2.05, 4.69) is 387 Å². The molecule has 104 heavy (non-hydrogen) atoms. The van der Waals surface area contributed by atoms with Crippen molar-refractivity contribution in [2.24, 2.45) is 0 Å². The molecular weight excluding hydrogens is 1260 g/mol. The van der Waals surface area contributed by atoms with Crippen molar-refractivity contribution in [2.45, 2.75) is 131 Å². The van der Waals surface area contributed by atoms with Gasteiger partial charge in [0.15, 0.2) is 0 Å². The number of hydrogen-bond acceptors (Lipinski definition) is 4. The Bertz CT molecular complexity index is 5100. The van der Waals surface area contributed by atoms with Gasteiger partial charge in [-0.1, -0.05) is 340 Å². The van der Waals surface area contributed by atoms with Crippen molar-refractivity contribution in [2.75, 3.05) is 9.80 Å². The lowest BCUT2D eigenvalue weighted by Crippen LogP contribution is -2.64. The number of hydrogen-bond donors (Lipinski definition) is 0. The van der Waals surface area contributed by atoms with Crippen LogP contribution in [0.3, 0.4) is 0 Å². The zero-order valence-electron chi connectivity index (χ0n) is 62.8. The quantitative estimate of drug-likeness (QED) is 0.142. The molecule has 0 unspecified atom stereocenters. The molecule has 13 aromatic carbocycles. The van der Waals surface area contributed by atoms with Crippen molar-refractivity contribution < 1.29 is 9.47 Å². The van der Waals surface area contributed by atoms with Crippen LogP contribution in [0.2, 0.25) is 0 Å². The Labute approximate surface area is 617 Å². The molecule has 0 atom stereocenters. The van der Waals surface area contributed by atoms with E-state index in [1.54, 1.807) is 0 Å². The highest BCUT2D eigenvalue weighted by Crippen LogP contribution is 2.55. The van der Waals surface area contributed by atoms with E-state index in [9.17, 15) is 0 Å². The molecule has 13 aromatic rings. The Hall–Kier alpha value is -10.8. The van der Waals surface area contributed by atoms with Crippen LogP contribution in [0.4, 0.5) is 34.1 Å². The van der Waals surface area contributed by atoms with Gasteiger partial charge in [-0.05, 0) is 163 Å². The largest absolute Gasteiger partial charge is 0.458 e. The zero-order valence-corrected chi connectivity index (χ0v) is 62.8. The molecule has 17 rings (SSSR count). The molecule has 0 spiro atoms. The van der Waals surface area contributed by atoms with Gasteiger partial charge in [0.1, 0.15) is 23.0 Å². The molecule has 0 bridgehead atoms. The summed E-state index contributed by atoms with van der Waals surface area (Å²) >= 11 is 0. The van der Waals surface area contributed by atoms with E-state index in [0.717, 1.165) is 151 Å². The molecule has 4 aliphatic heterocycles. The van der Waals surface area contributed by atoms with Gasteiger partial charge in [-0.2, -0.15) is 0 Å². The first-order valence-electron chi connectivity index (χ1n) is 37.3. The third-order valence-corrected chi connectivity index (χ3v) is 22.3. The van der Waals surface area contributed by atoms with Crippen LogP contribution in [0, 0.1) is 0 Å². The average Bonchev–Trinajstić information content (AvgIpc) is 0.692. The standard InChI is InChI=1S/C98H90B2N2O2/c1-94(2,3)69-46-42-61(43-47-69)67-54-83-88-85(56-67)103-92-79(99(88)77-52-50-71(96(7,8)9)58-81(77)101(83)90-73(63-30-20-16-21-31-63)38-28-39-74(90)64-32-22-17-23-33-64)60-80-93(87(92)98(13,14)15)104-86-57-68(62-44-48-70(49-45-62)95(4,5)6)55-84-89(86)100(80)78-53-51-72(97(10,11)12)59-82(78)102(84)91-75(65-34-24-18-25-35-65)40-29-41-76(91)66-36-26-19-27-37-66/h16-60H,1-15H3. The van der Waals surface area contributed by atoms with Crippen LogP contribution in [0.15, 0.2) is 273 Å². The summed E-state index contributed by atoms with van der Waals surface area (Å²) in [5.41, 5.74) is 32.5. The van der Waals surface area contributed by atoms with Gasteiger partial charge in [-0.3, -0.25) is 0 Å². The van der Waals surface area contributed by atoms with Gasteiger partial charge in [0.25, 0.3) is 13.4 Å². The topological polar surface area (TPSA) is 24.9 Å². The average molecular weight is 1350 g/mol. The molecule has 0 aliphatic carbocycles. The van der Waals surface area contributed by atoms with Crippen LogP contribution in [0.5, 0.6) is 23.0 Å². The Morgan fingerprint density at radius 1 is 0.240 bits per heavy atom. The van der Waals surface area contributed by atoms with E-state index in [4.69, 9.17) is 9.47 Å². The SMILES string of the molecule is CC(C)(C)c1ccc(-c2cc3c4c(c2)N(c2c(-c5ccccc5)cccc2-c2ccccc2)c2cc(C(C)(C)C)ccc2B4c2cc4c(c(C(C)(C)C)c2O3)Oc2cc(-c3ccc(C(C)(C)C)cc3)cc3c2B4c2ccc(C(C)(C)C)cc2N3c2c(-c3ccccc3)cccc2-c2ccccc2)cc1. The van der Waals surface area contributed by atoms with Gasteiger partial charge in [0.2, 0.25) is 0 Å². The second-order valence-electron chi connectivity index (χ2n) is 34.5. The molecule has 0 radical (unpaired) electrons. The fourth-order valence-electron chi connectivity index (χ4n) is 16.8. The third-order valence-electron chi connectivity index (χ3n) is 22.3. The Morgan fingerprint density at radius 3 is 0.846 bits per heavy atom. The van der Waals surface area contributed by atoms with Gasteiger partial charge >= 0.3 is 0 Å². The molecule has 4 aliphatic rings. The number of fused-ring (bicyclic) bond motifs is 8. The maximum atomic E-state index is 8.11. The first kappa shape index (κ1) is 66.4. The van der Waals surface area contributed by atoms with Crippen molar-refractivity contribution in [3.05, 3.63) is 301 Å². The summed E-state index contributed by atoms with van der Waals surface area (Å²) < 4.78 is 16.2. The monoisotopic (exact) mass is 1350 g/mol. The molecule has 510 valence electrons. The summed E-state index contributed by atoms with van der Waals surface area (Å²) in [5.74, 6) is 3.40. The minimum atomic E-state index is -0.505. The van der Waals surface area contributed by atoms with Gasteiger partial charge in [0, 0.05) is 50.6 Å². The number of ether oxygens (including phenoxy) is 2. The van der Waals surface area contributed by atoms with Gasteiger partial charge < -0.3 is 19.3 Å². The van der Waals surface area contributed by atoms with Crippen LogP contribution >= 0.6 is 0 Å².